The molecule has 0 saturated heterocycles. The third kappa shape index (κ3) is 0.817. The molecule has 0 aromatic rings. The molecule has 2 N–H and O–H groups in total. The largest absolute Gasteiger partial charge is 0.308 e. The number of hydrogen-bond donors (Lipinski definition) is 2. The molecule has 1 aliphatic heterocycles. The summed E-state index contributed by atoms with van der Waals surface area (Å²) >= 11 is 0. The van der Waals surface area contributed by atoms with E-state index in [0.29, 0.717) is 0 Å². The fourth-order valence-electron chi connectivity index (χ4n) is 1.24. The van der Waals surface area contributed by atoms with E-state index in [1.807, 2.05) is 6.20 Å². The molecular formula is C8H10N2. The normalized spacial score (nSPS) is 21.6. The molecule has 0 amide bonds. The summed E-state index contributed by atoms with van der Waals surface area (Å²) in [5, 5.41) is 0. The van der Waals surface area contributed by atoms with Gasteiger partial charge in [-0.3, -0.25) is 0 Å². The first-order valence-corrected chi connectivity index (χ1v) is 3.54. The minimum atomic E-state index is 1.16. The Morgan fingerprint density at radius 1 is 1.30 bits per heavy atom. The van der Waals surface area contributed by atoms with Gasteiger partial charge in [-0.15, -0.1) is 0 Å². The SMILES string of the molecule is C1=CC2=C(C=CNN2)CC1. The summed E-state index contributed by atoms with van der Waals surface area (Å²) in [5.41, 5.74) is 8.64. The maximum absolute atomic E-state index is 3.08. The minimum Gasteiger partial charge on any atom is -0.308 e. The molecule has 0 aromatic heterocycles. The smallest absolute Gasteiger partial charge is 0.0569 e. The van der Waals surface area contributed by atoms with Gasteiger partial charge < -0.3 is 10.9 Å². The molecule has 0 spiro atoms. The first kappa shape index (κ1) is 5.59. The number of hydrazine groups is 1. The molecule has 0 unspecified atom stereocenters. The molecular weight excluding hydrogens is 124 g/mol. The van der Waals surface area contributed by atoms with Crippen LogP contribution in [0.3, 0.4) is 0 Å². The molecule has 0 bridgehead atoms. The number of rotatable bonds is 0. The van der Waals surface area contributed by atoms with Crippen LogP contribution in [0.1, 0.15) is 12.8 Å². The second-order valence-corrected chi connectivity index (χ2v) is 2.48. The highest BCUT2D eigenvalue weighted by Crippen LogP contribution is 2.18. The molecule has 52 valence electrons. The predicted octanol–water partition coefficient (Wildman–Crippen LogP) is 1.21. The predicted molar refractivity (Wildman–Crippen MR) is 40.8 cm³/mol. The summed E-state index contributed by atoms with van der Waals surface area (Å²) in [7, 11) is 0. The monoisotopic (exact) mass is 134 g/mol. The van der Waals surface area contributed by atoms with Crippen LogP contribution in [-0.2, 0) is 0 Å². The van der Waals surface area contributed by atoms with Gasteiger partial charge in [0.25, 0.3) is 0 Å². The molecule has 0 fully saturated rings. The Hall–Kier alpha value is -1.18. The van der Waals surface area contributed by atoms with E-state index in [-0.39, 0.29) is 0 Å². The lowest BCUT2D eigenvalue weighted by Crippen LogP contribution is -2.29. The second-order valence-electron chi connectivity index (χ2n) is 2.48. The van der Waals surface area contributed by atoms with Gasteiger partial charge in [0.2, 0.25) is 0 Å². The van der Waals surface area contributed by atoms with Crippen molar-refractivity contribution in [2.75, 3.05) is 0 Å². The van der Waals surface area contributed by atoms with E-state index in [2.05, 4.69) is 29.1 Å². The van der Waals surface area contributed by atoms with Gasteiger partial charge in [-0.2, -0.15) is 0 Å². The maximum Gasteiger partial charge on any atom is 0.0569 e. The van der Waals surface area contributed by atoms with Crippen LogP contribution in [0.4, 0.5) is 0 Å². The highest BCUT2D eigenvalue weighted by Gasteiger charge is 2.06. The summed E-state index contributed by atoms with van der Waals surface area (Å²) < 4.78 is 0. The summed E-state index contributed by atoms with van der Waals surface area (Å²) in [6, 6.07) is 0. The first-order valence-electron chi connectivity index (χ1n) is 3.54. The number of hydrogen-bond acceptors (Lipinski definition) is 2. The molecule has 2 nitrogen and oxygen atoms in total. The van der Waals surface area contributed by atoms with Gasteiger partial charge in [0.05, 0.1) is 5.70 Å². The van der Waals surface area contributed by atoms with Crippen LogP contribution < -0.4 is 10.9 Å². The van der Waals surface area contributed by atoms with Crippen molar-refractivity contribution in [3.05, 3.63) is 35.7 Å². The Bertz CT molecular complexity index is 199. The fraction of sp³-hybridized carbons (Fsp3) is 0.250. The Kier molecular flexibility index (Phi) is 1.24. The lowest BCUT2D eigenvalue weighted by molar-refractivity contribution is 0.707. The topological polar surface area (TPSA) is 24.1 Å². The van der Waals surface area contributed by atoms with Gasteiger partial charge in [0.1, 0.15) is 0 Å². The molecule has 0 saturated carbocycles. The van der Waals surface area contributed by atoms with Gasteiger partial charge in [-0.25, -0.2) is 0 Å². The van der Waals surface area contributed by atoms with Crippen LogP contribution in [0, 0.1) is 0 Å². The summed E-state index contributed by atoms with van der Waals surface area (Å²) in [5.74, 6) is 0. The average molecular weight is 134 g/mol. The van der Waals surface area contributed by atoms with Crippen LogP contribution in [0.25, 0.3) is 0 Å². The molecule has 0 atom stereocenters. The van der Waals surface area contributed by atoms with E-state index in [4.69, 9.17) is 0 Å². The van der Waals surface area contributed by atoms with Crippen LogP contribution >= 0.6 is 0 Å². The summed E-state index contributed by atoms with van der Waals surface area (Å²) in [4.78, 5) is 0. The van der Waals surface area contributed by atoms with Crippen LogP contribution in [0.5, 0.6) is 0 Å². The Balaban J connectivity index is 2.32. The fourth-order valence-corrected chi connectivity index (χ4v) is 1.24. The molecule has 0 aromatic carbocycles. The molecule has 2 heteroatoms. The van der Waals surface area contributed by atoms with Crippen molar-refractivity contribution < 1.29 is 0 Å². The van der Waals surface area contributed by atoms with E-state index in [0.717, 1.165) is 6.42 Å². The van der Waals surface area contributed by atoms with Crippen molar-refractivity contribution in [3.8, 4) is 0 Å². The van der Waals surface area contributed by atoms with Crippen LogP contribution in [0.15, 0.2) is 35.7 Å². The first-order chi connectivity index (χ1) is 4.97. The summed E-state index contributed by atoms with van der Waals surface area (Å²) in [6.45, 7) is 0. The van der Waals surface area contributed by atoms with E-state index < -0.39 is 0 Å². The second kappa shape index (κ2) is 2.21. The Labute approximate surface area is 60.3 Å². The quantitative estimate of drug-likeness (QED) is 0.520. The maximum atomic E-state index is 3.08. The zero-order valence-corrected chi connectivity index (χ0v) is 5.72. The van der Waals surface area contributed by atoms with Crippen molar-refractivity contribution in [1.29, 1.82) is 0 Å². The third-order valence-corrected chi connectivity index (χ3v) is 1.79. The Morgan fingerprint density at radius 2 is 2.30 bits per heavy atom. The lowest BCUT2D eigenvalue weighted by atomic mass is 10.0. The highest BCUT2D eigenvalue weighted by molar-refractivity contribution is 5.36. The standard InChI is InChI=1S/C8H10N2/c1-2-4-8-7(3-1)5-6-9-10-8/h2,4-6,9-10H,1,3H2. The highest BCUT2D eigenvalue weighted by atomic mass is 15.3. The Morgan fingerprint density at radius 3 is 3.20 bits per heavy atom. The van der Waals surface area contributed by atoms with Crippen LogP contribution in [-0.4, -0.2) is 0 Å². The zero-order valence-electron chi connectivity index (χ0n) is 5.72. The van der Waals surface area contributed by atoms with Crippen LogP contribution in [0.2, 0.25) is 0 Å². The van der Waals surface area contributed by atoms with Crippen molar-refractivity contribution in [2.24, 2.45) is 0 Å². The summed E-state index contributed by atoms with van der Waals surface area (Å²) in [6.07, 6.45) is 10.7. The van der Waals surface area contributed by atoms with Gasteiger partial charge in [-0.05, 0) is 30.6 Å². The molecule has 10 heavy (non-hydrogen) atoms. The van der Waals surface area contributed by atoms with E-state index >= 15 is 0 Å². The van der Waals surface area contributed by atoms with Crippen molar-refractivity contribution in [2.45, 2.75) is 12.8 Å². The number of nitrogens with one attached hydrogen (secondary N) is 2. The van der Waals surface area contributed by atoms with Gasteiger partial charge in [-0.1, -0.05) is 6.08 Å². The van der Waals surface area contributed by atoms with E-state index in [1.54, 1.807) is 0 Å². The molecule has 2 rings (SSSR count). The van der Waals surface area contributed by atoms with E-state index in [1.165, 1.54) is 17.7 Å². The van der Waals surface area contributed by atoms with E-state index in [9.17, 15) is 0 Å². The lowest BCUT2D eigenvalue weighted by Gasteiger charge is -2.18. The number of allylic oxidation sites excluding steroid dienone is 4. The van der Waals surface area contributed by atoms with Crippen molar-refractivity contribution in [1.82, 2.24) is 10.9 Å². The molecule has 1 aliphatic carbocycles. The molecule has 1 heterocycles. The van der Waals surface area contributed by atoms with Crippen molar-refractivity contribution in [3.63, 3.8) is 0 Å². The van der Waals surface area contributed by atoms with Gasteiger partial charge >= 0.3 is 0 Å². The minimum absolute atomic E-state index is 1.16. The average Bonchev–Trinajstić information content (AvgIpc) is 2.05. The zero-order chi connectivity index (χ0) is 6.81. The third-order valence-electron chi connectivity index (χ3n) is 1.79. The van der Waals surface area contributed by atoms with Gasteiger partial charge in [0, 0.05) is 6.20 Å². The molecule has 0 radical (unpaired) electrons. The van der Waals surface area contributed by atoms with Crippen molar-refractivity contribution >= 4 is 0 Å². The molecule has 2 aliphatic rings. The van der Waals surface area contributed by atoms with Gasteiger partial charge in [0.15, 0.2) is 0 Å².